The van der Waals surface area contributed by atoms with Gasteiger partial charge in [0.2, 0.25) is 0 Å². The summed E-state index contributed by atoms with van der Waals surface area (Å²) in [5, 5.41) is 7.27. The van der Waals surface area contributed by atoms with Crippen LogP contribution in [0.5, 0.6) is 0 Å². The van der Waals surface area contributed by atoms with E-state index in [2.05, 4.69) is 51.7 Å². The fraction of sp³-hybridized carbons (Fsp3) is 0.615. The van der Waals surface area contributed by atoms with Gasteiger partial charge in [-0.25, -0.2) is 0 Å². The minimum Gasteiger partial charge on any atom is -0.383 e. The second kappa shape index (κ2) is 4.73. The summed E-state index contributed by atoms with van der Waals surface area (Å²) in [6.45, 7) is 15.5. The number of hydrogen-bond donors (Lipinski definition) is 1. The molecule has 3 heteroatoms. The quantitative estimate of drug-likeness (QED) is 0.850. The van der Waals surface area contributed by atoms with E-state index in [9.17, 15) is 0 Å². The van der Waals surface area contributed by atoms with Crippen molar-refractivity contribution in [1.82, 2.24) is 10.5 Å². The Morgan fingerprint density at radius 1 is 1.50 bits per heavy atom. The van der Waals surface area contributed by atoms with Gasteiger partial charge in [0.15, 0.2) is 0 Å². The van der Waals surface area contributed by atoms with Gasteiger partial charge in [-0.05, 0) is 5.92 Å². The fourth-order valence-electron chi connectivity index (χ4n) is 1.19. The predicted molar refractivity (Wildman–Crippen MR) is 67.1 cm³/mol. The van der Waals surface area contributed by atoms with Crippen molar-refractivity contribution in [3.05, 3.63) is 24.1 Å². The Hall–Kier alpha value is -1.25. The second-order valence-electron chi connectivity index (χ2n) is 5.58. The van der Waals surface area contributed by atoms with Gasteiger partial charge in [-0.2, -0.15) is 0 Å². The number of rotatable bonds is 4. The van der Waals surface area contributed by atoms with E-state index >= 15 is 0 Å². The summed E-state index contributed by atoms with van der Waals surface area (Å²) in [5.74, 6) is 1.47. The lowest BCUT2D eigenvalue weighted by molar-refractivity contribution is 0.328. The molecule has 1 rings (SSSR count). The van der Waals surface area contributed by atoms with Gasteiger partial charge in [0.05, 0.1) is 5.70 Å². The summed E-state index contributed by atoms with van der Waals surface area (Å²) < 4.78 is 5.31. The largest absolute Gasteiger partial charge is 0.383 e. The van der Waals surface area contributed by atoms with Crippen molar-refractivity contribution in [2.24, 2.45) is 5.92 Å². The molecule has 0 atom stereocenters. The molecule has 0 aliphatic rings. The average molecular weight is 222 g/mol. The minimum atomic E-state index is -0.0103. The van der Waals surface area contributed by atoms with E-state index in [1.807, 2.05) is 6.07 Å². The van der Waals surface area contributed by atoms with Crippen LogP contribution in [0.3, 0.4) is 0 Å². The summed E-state index contributed by atoms with van der Waals surface area (Å²) >= 11 is 0. The molecule has 0 aliphatic heterocycles. The van der Waals surface area contributed by atoms with Crippen LogP contribution in [-0.4, -0.2) is 11.7 Å². The number of aromatic nitrogens is 1. The van der Waals surface area contributed by atoms with E-state index in [4.69, 9.17) is 4.52 Å². The summed E-state index contributed by atoms with van der Waals surface area (Å²) in [4.78, 5) is 0. The molecule has 0 bridgehead atoms. The molecule has 1 aromatic rings. The van der Waals surface area contributed by atoms with Crippen molar-refractivity contribution in [3.63, 3.8) is 0 Å². The third-order valence-electron chi connectivity index (χ3n) is 2.28. The number of nitrogens with one attached hydrogen (secondary N) is 1. The monoisotopic (exact) mass is 222 g/mol. The second-order valence-corrected chi connectivity index (χ2v) is 5.58. The summed E-state index contributed by atoms with van der Waals surface area (Å²) in [6.07, 6.45) is 0. The van der Waals surface area contributed by atoms with Crippen molar-refractivity contribution >= 4 is 5.70 Å². The molecule has 0 spiro atoms. The molecule has 0 amide bonds. The molecular weight excluding hydrogens is 200 g/mol. The molecule has 90 valence electrons. The van der Waals surface area contributed by atoms with Crippen LogP contribution < -0.4 is 5.32 Å². The Morgan fingerprint density at radius 2 is 2.12 bits per heavy atom. The minimum absolute atomic E-state index is 0.0103. The molecule has 0 unspecified atom stereocenters. The Morgan fingerprint density at radius 3 is 2.56 bits per heavy atom. The number of nitrogens with zero attached hydrogens (tertiary/aromatic N) is 1. The molecule has 0 saturated heterocycles. The average Bonchev–Trinajstić information content (AvgIpc) is 2.61. The zero-order valence-electron chi connectivity index (χ0n) is 10.9. The maximum atomic E-state index is 5.31. The molecule has 0 fully saturated rings. The van der Waals surface area contributed by atoms with Crippen molar-refractivity contribution < 1.29 is 4.52 Å². The van der Waals surface area contributed by atoms with Gasteiger partial charge in [0.1, 0.15) is 11.5 Å². The molecule has 0 aliphatic carbocycles. The predicted octanol–water partition coefficient (Wildman–Crippen LogP) is 3.19. The van der Waals surface area contributed by atoms with Crippen molar-refractivity contribution in [3.8, 4) is 0 Å². The van der Waals surface area contributed by atoms with Gasteiger partial charge >= 0.3 is 0 Å². The zero-order valence-corrected chi connectivity index (χ0v) is 10.9. The zero-order chi connectivity index (χ0) is 12.3. The highest BCUT2D eigenvalue weighted by molar-refractivity contribution is 5.58. The highest BCUT2D eigenvalue weighted by Crippen LogP contribution is 2.24. The van der Waals surface area contributed by atoms with Gasteiger partial charge in [-0.3, -0.25) is 0 Å². The van der Waals surface area contributed by atoms with Crippen molar-refractivity contribution in [2.45, 2.75) is 40.0 Å². The number of hydrogen-bond acceptors (Lipinski definition) is 3. The lowest BCUT2D eigenvalue weighted by Gasteiger charge is -2.12. The van der Waals surface area contributed by atoms with Gasteiger partial charge in [0.25, 0.3) is 0 Å². The molecule has 1 N–H and O–H groups in total. The first-order valence-corrected chi connectivity index (χ1v) is 5.71. The van der Waals surface area contributed by atoms with Gasteiger partial charge in [0, 0.05) is 18.0 Å². The topological polar surface area (TPSA) is 38.1 Å². The molecule has 1 heterocycles. The van der Waals surface area contributed by atoms with Crippen LogP contribution in [-0.2, 0) is 5.41 Å². The molecule has 0 saturated carbocycles. The Bertz CT molecular complexity index is 358. The summed E-state index contributed by atoms with van der Waals surface area (Å²) in [5.41, 5.74) is 1.61. The lowest BCUT2D eigenvalue weighted by Crippen LogP contribution is -2.17. The van der Waals surface area contributed by atoms with Gasteiger partial charge in [-0.15, -0.1) is 0 Å². The third-order valence-corrected chi connectivity index (χ3v) is 2.28. The van der Waals surface area contributed by atoms with Crippen molar-refractivity contribution in [1.29, 1.82) is 0 Å². The maximum absolute atomic E-state index is 5.31. The van der Waals surface area contributed by atoms with E-state index in [0.29, 0.717) is 5.92 Å². The summed E-state index contributed by atoms with van der Waals surface area (Å²) in [6, 6.07) is 1.95. The maximum Gasteiger partial charge on any atom is 0.142 e. The van der Waals surface area contributed by atoms with Crippen LogP contribution in [0.1, 0.15) is 46.1 Å². The van der Waals surface area contributed by atoms with Crippen LogP contribution in [0.2, 0.25) is 0 Å². The molecule has 0 radical (unpaired) electrons. The Kier molecular flexibility index (Phi) is 3.79. The smallest absolute Gasteiger partial charge is 0.142 e. The first-order valence-electron chi connectivity index (χ1n) is 5.71. The fourth-order valence-corrected chi connectivity index (χ4v) is 1.19. The highest BCUT2D eigenvalue weighted by Gasteiger charge is 2.20. The van der Waals surface area contributed by atoms with Crippen molar-refractivity contribution in [2.75, 3.05) is 6.54 Å². The molecule has 1 aromatic heterocycles. The van der Waals surface area contributed by atoms with E-state index in [1.54, 1.807) is 0 Å². The van der Waals surface area contributed by atoms with Crippen LogP contribution in [0.15, 0.2) is 17.2 Å². The molecule has 16 heavy (non-hydrogen) atoms. The highest BCUT2D eigenvalue weighted by atomic mass is 16.5. The van der Waals surface area contributed by atoms with Gasteiger partial charge < -0.3 is 9.84 Å². The van der Waals surface area contributed by atoms with E-state index < -0.39 is 0 Å². The molecule has 3 nitrogen and oxygen atoms in total. The van der Waals surface area contributed by atoms with E-state index in [-0.39, 0.29) is 5.41 Å². The Labute approximate surface area is 97.9 Å². The van der Waals surface area contributed by atoms with Crippen LogP contribution in [0.25, 0.3) is 5.70 Å². The van der Waals surface area contributed by atoms with E-state index in [0.717, 1.165) is 23.7 Å². The third kappa shape index (κ3) is 3.40. The van der Waals surface area contributed by atoms with Crippen LogP contribution >= 0.6 is 0 Å². The van der Waals surface area contributed by atoms with Crippen LogP contribution in [0.4, 0.5) is 0 Å². The lowest BCUT2D eigenvalue weighted by atomic mass is 9.93. The standard InChI is InChI=1S/C13H22N2O/c1-9(2)8-14-10(3)11-7-12(16-15-11)13(4,5)6/h7,9,14H,3,8H2,1-2,4-6H3. The Balaban J connectivity index is 2.67. The molecule has 0 aromatic carbocycles. The first-order chi connectivity index (χ1) is 7.30. The SMILES string of the molecule is C=C(NCC(C)C)c1cc(C(C)(C)C)on1. The van der Waals surface area contributed by atoms with Gasteiger partial charge in [-0.1, -0.05) is 46.4 Å². The summed E-state index contributed by atoms with van der Waals surface area (Å²) in [7, 11) is 0. The first kappa shape index (κ1) is 12.8. The normalized spacial score (nSPS) is 11.9. The molecular formula is C13H22N2O. The van der Waals surface area contributed by atoms with E-state index in [1.165, 1.54) is 0 Å². The van der Waals surface area contributed by atoms with Crippen LogP contribution in [0, 0.1) is 5.92 Å².